The highest BCUT2D eigenvalue weighted by atomic mass is 16.4. The average Bonchev–Trinajstić information content (AvgIpc) is 2.37. The van der Waals surface area contributed by atoms with Crippen LogP contribution in [0, 0.1) is 11.8 Å². The molecular formula is C14H28N2O3. The summed E-state index contributed by atoms with van der Waals surface area (Å²) in [5, 5.41) is 10.1. The summed E-state index contributed by atoms with van der Waals surface area (Å²) in [6, 6.07) is -0.912. The number of aliphatic carboxylic acids is 1. The first-order valence-corrected chi connectivity index (χ1v) is 7.12. The van der Waals surface area contributed by atoms with Gasteiger partial charge in [0.05, 0.1) is 0 Å². The van der Waals surface area contributed by atoms with Crippen molar-refractivity contribution in [3.63, 3.8) is 0 Å². The summed E-state index contributed by atoms with van der Waals surface area (Å²) >= 11 is 0. The molecule has 0 aromatic carbocycles. The minimum Gasteiger partial charge on any atom is -0.480 e. The largest absolute Gasteiger partial charge is 0.480 e. The molecule has 0 aliphatic heterocycles. The van der Waals surface area contributed by atoms with Crippen LogP contribution in [-0.2, 0) is 9.59 Å². The number of carbonyl (C=O) groups is 2. The van der Waals surface area contributed by atoms with Crippen LogP contribution < -0.4 is 5.84 Å². The van der Waals surface area contributed by atoms with Crippen molar-refractivity contribution in [3.8, 4) is 0 Å². The number of hydrogen-bond acceptors (Lipinski definition) is 3. The van der Waals surface area contributed by atoms with E-state index in [1.807, 2.05) is 13.8 Å². The molecule has 0 spiro atoms. The van der Waals surface area contributed by atoms with Crippen LogP contribution in [0.5, 0.6) is 0 Å². The van der Waals surface area contributed by atoms with E-state index in [9.17, 15) is 14.7 Å². The summed E-state index contributed by atoms with van der Waals surface area (Å²) in [6.45, 7) is 8.09. The summed E-state index contributed by atoms with van der Waals surface area (Å²) in [5.41, 5.74) is 0. The lowest BCUT2D eigenvalue weighted by atomic mass is 9.98. The summed E-state index contributed by atoms with van der Waals surface area (Å²) in [7, 11) is 0. The second kappa shape index (κ2) is 8.91. The van der Waals surface area contributed by atoms with Gasteiger partial charge in [0.15, 0.2) is 0 Å². The van der Waals surface area contributed by atoms with Crippen LogP contribution >= 0.6 is 0 Å². The minimum atomic E-state index is -1.02. The second-order valence-corrected chi connectivity index (χ2v) is 5.46. The first-order valence-electron chi connectivity index (χ1n) is 7.12. The Bertz CT molecular complexity index is 294. The molecular weight excluding hydrogens is 244 g/mol. The molecule has 0 bridgehead atoms. The molecule has 0 saturated heterocycles. The van der Waals surface area contributed by atoms with Gasteiger partial charge in [0.1, 0.15) is 6.04 Å². The summed E-state index contributed by atoms with van der Waals surface area (Å²) in [6.07, 6.45) is 3.35. The van der Waals surface area contributed by atoms with Crippen molar-refractivity contribution in [1.29, 1.82) is 0 Å². The fourth-order valence-electron chi connectivity index (χ4n) is 1.75. The van der Waals surface area contributed by atoms with Crippen molar-refractivity contribution >= 4 is 11.9 Å². The van der Waals surface area contributed by atoms with E-state index < -0.39 is 12.0 Å². The molecule has 19 heavy (non-hydrogen) atoms. The number of hydrogen-bond donors (Lipinski definition) is 2. The molecule has 0 aromatic rings. The molecule has 0 rings (SSSR count). The standard InChI is InChI=1S/C14H28N2O3/c1-5-10(3)7-8-12(14(18)19)16(15)13(17)9-11(4)6-2/h10-12H,5-9,15H2,1-4H3,(H,18,19). The van der Waals surface area contributed by atoms with Crippen molar-refractivity contribution in [3.05, 3.63) is 0 Å². The Hall–Kier alpha value is -1.10. The van der Waals surface area contributed by atoms with E-state index in [0.717, 1.165) is 24.3 Å². The number of rotatable bonds is 9. The molecule has 0 aliphatic carbocycles. The molecule has 3 N–H and O–H groups in total. The molecule has 0 heterocycles. The van der Waals surface area contributed by atoms with Gasteiger partial charge in [-0.2, -0.15) is 0 Å². The van der Waals surface area contributed by atoms with Gasteiger partial charge in [-0.25, -0.2) is 10.6 Å². The molecule has 5 nitrogen and oxygen atoms in total. The van der Waals surface area contributed by atoms with E-state index in [1.54, 1.807) is 0 Å². The molecule has 0 aliphatic rings. The summed E-state index contributed by atoms with van der Waals surface area (Å²) in [4.78, 5) is 23.1. The third-order valence-electron chi connectivity index (χ3n) is 3.76. The highest BCUT2D eigenvalue weighted by Crippen LogP contribution is 2.16. The predicted molar refractivity (Wildman–Crippen MR) is 75.2 cm³/mol. The quantitative estimate of drug-likeness (QED) is 0.383. The first kappa shape index (κ1) is 17.9. The topological polar surface area (TPSA) is 83.6 Å². The predicted octanol–water partition coefficient (Wildman–Crippen LogP) is 2.40. The maximum absolute atomic E-state index is 11.9. The van der Waals surface area contributed by atoms with Crippen molar-refractivity contribution in [2.45, 2.75) is 65.8 Å². The van der Waals surface area contributed by atoms with Crippen LogP contribution in [0.25, 0.3) is 0 Å². The smallest absolute Gasteiger partial charge is 0.328 e. The van der Waals surface area contributed by atoms with Gasteiger partial charge in [0, 0.05) is 6.42 Å². The highest BCUT2D eigenvalue weighted by molar-refractivity contribution is 5.83. The van der Waals surface area contributed by atoms with E-state index in [4.69, 9.17) is 5.84 Å². The maximum atomic E-state index is 11.9. The lowest BCUT2D eigenvalue weighted by Crippen LogP contribution is -2.50. The summed E-state index contributed by atoms with van der Waals surface area (Å²) < 4.78 is 0. The Kier molecular flexibility index (Phi) is 8.39. The molecule has 0 fully saturated rings. The Morgan fingerprint density at radius 3 is 2.05 bits per heavy atom. The van der Waals surface area contributed by atoms with E-state index in [0.29, 0.717) is 18.8 Å². The average molecular weight is 272 g/mol. The van der Waals surface area contributed by atoms with E-state index in [-0.39, 0.29) is 11.8 Å². The Morgan fingerprint density at radius 1 is 1.11 bits per heavy atom. The molecule has 0 radical (unpaired) electrons. The number of carboxylic acid groups (broad SMARTS) is 1. The number of hydrazine groups is 1. The first-order chi connectivity index (χ1) is 8.83. The maximum Gasteiger partial charge on any atom is 0.328 e. The minimum absolute atomic E-state index is 0.225. The van der Waals surface area contributed by atoms with Gasteiger partial charge in [-0.1, -0.05) is 40.5 Å². The van der Waals surface area contributed by atoms with Gasteiger partial charge in [-0.15, -0.1) is 0 Å². The van der Waals surface area contributed by atoms with Gasteiger partial charge in [-0.3, -0.25) is 9.80 Å². The van der Waals surface area contributed by atoms with Crippen molar-refractivity contribution in [2.75, 3.05) is 0 Å². The van der Waals surface area contributed by atoms with E-state index in [2.05, 4.69) is 13.8 Å². The van der Waals surface area contributed by atoms with Gasteiger partial charge >= 0.3 is 5.97 Å². The van der Waals surface area contributed by atoms with Crippen LogP contribution in [0.1, 0.15) is 59.8 Å². The van der Waals surface area contributed by atoms with Crippen LogP contribution in [-0.4, -0.2) is 28.0 Å². The van der Waals surface area contributed by atoms with Crippen LogP contribution in [0.4, 0.5) is 0 Å². The van der Waals surface area contributed by atoms with Crippen LogP contribution in [0.2, 0.25) is 0 Å². The van der Waals surface area contributed by atoms with Crippen LogP contribution in [0.15, 0.2) is 0 Å². The molecule has 5 heteroatoms. The zero-order valence-corrected chi connectivity index (χ0v) is 12.6. The third kappa shape index (κ3) is 6.57. The van der Waals surface area contributed by atoms with E-state index >= 15 is 0 Å². The lowest BCUT2D eigenvalue weighted by molar-refractivity contribution is -0.151. The van der Waals surface area contributed by atoms with E-state index in [1.165, 1.54) is 0 Å². The zero-order valence-electron chi connectivity index (χ0n) is 12.6. The Labute approximate surface area is 116 Å². The summed E-state index contributed by atoms with van der Waals surface area (Å²) in [5.74, 6) is 5.05. The SMILES string of the molecule is CCC(C)CCC(C(=O)O)N(N)C(=O)CC(C)CC. The van der Waals surface area contributed by atoms with Crippen LogP contribution in [0.3, 0.4) is 0 Å². The number of carboxylic acids is 1. The van der Waals surface area contributed by atoms with Gasteiger partial charge in [0.25, 0.3) is 0 Å². The van der Waals surface area contributed by atoms with Crippen molar-refractivity contribution in [2.24, 2.45) is 17.7 Å². The Morgan fingerprint density at radius 2 is 1.63 bits per heavy atom. The molecule has 0 aromatic heterocycles. The fourth-order valence-corrected chi connectivity index (χ4v) is 1.75. The normalized spacial score (nSPS) is 15.6. The highest BCUT2D eigenvalue weighted by Gasteiger charge is 2.27. The number of nitrogens with zero attached hydrogens (tertiary/aromatic N) is 1. The second-order valence-electron chi connectivity index (χ2n) is 5.46. The molecule has 3 atom stereocenters. The molecule has 0 saturated carbocycles. The third-order valence-corrected chi connectivity index (χ3v) is 3.76. The fraction of sp³-hybridized carbons (Fsp3) is 0.857. The number of nitrogens with two attached hydrogens (primary N) is 1. The molecule has 112 valence electrons. The zero-order chi connectivity index (χ0) is 15.0. The van der Waals surface area contributed by atoms with Crippen molar-refractivity contribution < 1.29 is 14.7 Å². The molecule has 3 unspecified atom stereocenters. The van der Waals surface area contributed by atoms with Gasteiger partial charge in [-0.05, 0) is 24.7 Å². The Balaban J connectivity index is 4.52. The van der Waals surface area contributed by atoms with Gasteiger partial charge < -0.3 is 5.11 Å². The molecule has 1 amide bonds. The number of carbonyl (C=O) groups excluding carboxylic acids is 1. The van der Waals surface area contributed by atoms with Gasteiger partial charge in [0.2, 0.25) is 5.91 Å². The van der Waals surface area contributed by atoms with Crippen molar-refractivity contribution in [1.82, 2.24) is 5.01 Å². The monoisotopic (exact) mass is 272 g/mol. The lowest BCUT2D eigenvalue weighted by Gasteiger charge is -2.26. The number of amides is 1.